The predicted molar refractivity (Wildman–Crippen MR) is 104 cm³/mol. The van der Waals surface area contributed by atoms with E-state index in [1.165, 1.54) is 27.5 Å². The molecule has 4 aromatic rings. The molecule has 4 rings (SSSR count). The Hall–Kier alpha value is -3.06. The van der Waals surface area contributed by atoms with Crippen molar-refractivity contribution in [3.63, 3.8) is 0 Å². The van der Waals surface area contributed by atoms with Crippen LogP contribution in [0.25, 0.3) is 21.9 Å². The molecule has 24 heavy (non-hydrogen) atoms. The van der Waals surface area contributed by atoms with Crippen molar-refractivity contribution in [3.8, 4) is 11.1 Å². The number of hydrogen-bond acceptors (Lipinski definition) is 1. The fourth-order valence-corrected chi connectivity index (χ4v) is 3.00. The summed E-state index contributed by atoms with van der Waals surface area (Å²) >= 11 is 0. The summed E-state index contributed by atoms with van der Waals surface area (Å²) < 4.78 is 0. The number of anilines is 2. The molecule has 0 fully saturated rings. The molecule has 0 atom stereocenters. The van der Waals surface area contributed by atoms with Crippen molar-refractivity contribution in [1.82, 2.24) is 0 Å². The van der Waals surface area contributed by atoms with Crippen LogP contribution in [-0.4, -0.2) is 0 Å². The second kappa shape index (κ2) is 6.21. The Balaban J connectivity index is 1.85. The zero-order chi connectivity index (χ0) is 16.4. The Labute approximate surface area is 142 Å². The van der Waals surface area contributed by atoms with Gasteiger partial charge in [-0.1, -0.05) is 72.3 Å². The number of benzene rings is 4. The van der Waals surface area contributed by atoms with E-state index < -0.39 is 0 Å². The summed E-state index contributed by atoms with van der Waals surface area (Å²) in [6, 6.07) is 32.0. The molecule has 0 heterocycles. The highest BCUT2D eigenvalue weighted by Gasteiger charge is 2.06. The average Bonchev–Trinajstić information content (AvgIpc) is 2.64. The van der Waals surface area contributed by atoms with E-state index in [1.54, 1.807) is 0 Å². The highest BCUT2D eigenvalue weighted by molar-refractivity contribution is 5.99. The summed E-state index contributed by atoms with van der Waals surface area (Å²) in [6.07, 6.45) is 0. The molecule has 0 aliphatic rings. The van der Waals surface area contributed by atoms with Gasteiger partial charge in [-0.3, -0.25) is 0 Å². The van der Waals surface area contributed by atoms with Crippen molar-refractivity contribution in [2.75, 3.05) is 5.32 Å². The summed E-state index contributed by atoms with van der Waals surface area (Å²) in [7, 11) is 0. The van der Waals surface area contributed by atoms with Crippen LogP contribution in [0.3, 0.4) is 0 Å². The maximum absolute atomic E-state index is 3.58. The molecule has 0 aliphatic carbocycles. The third kappa shape index (κ3) is 2.89. The van der Waals surface area contributed by atoms with Gasteiger partial charge >= 0.3 is 0 Å². The van der Waals surface area contributed by atoms with Gasteiger partial charge in [0.25, 0.3) is 0 Å². The maximum atomic E-state index is 3.58. The average molecular weight is 309 g/mol. The summed E-state index contributed by atoms with van der Waals surface area (Å²) in [5.74, 6) is 0. The van der Waals surface area contributed by atoms with Crippen molar-refractivity contribution in [1.29, 1.82) is 0 Å². The van der Waals surface area contributed by atoms with Crippen molar-refractivity contribution in [2.24, 2.45) is 0 Å². The zero-order valence-corrected chi connectivity index (χ0v) is 13.7. The first kappa shape index (κ1) is 14.5. The number of rotatable bonds is 3. The van der Waals surface area contributed by atoms with E-state index >= 15 is 0 Å². The van der Waals surface area contributed by atoms with Gasteiger partial charge in [-0.15, -0.1) is 0 Å². The van der Waals surface area contributed by atoms with Crippen LogP contribution in [0.1, 0.15) is 5.56 Å². The molecule has 0 aromatic heterocycles. The molecule has 0 saturated carbocycles. The van der Waals surface area contributed by atoms with Crippen molar-refractivity contribution < 1.29 is 0 Å². The van der Waals surface area contributed by atoms with E-state index in [0.29, 0.717) is 0 Å². The Morgan fingerprint density at radius 3 is 2.12 bits per heavy atom. The van der Waals surface area contributed by atoms with Crippen LogP contribution >= 0.6 is 0 Å². The fraction of sp³-hybridized carbons (Fsp3) is 0.0435. The summed E-state index contributed by atoms with van der Waals surface area (Å²) in [4.78, 5) is 0. The minimum Gasteiger partial charge on any atom is -0.355 e. The van der Waals surface area contributed by atoms with Gasteiger partial charge in [-0.25, -0.2) is 0 Å². The Bertz CT molecular complexity index is 970. The fourth-order valence-electron chi connectivity index (χ4n) is 3.00. The van der Waals surface area contributed by atoms with E-state index in [1.807, 2.05) is 0 Å². The molecule has 0 spiro atoms. The van der Waals surface area contributed by atoms with Crippen LogP contribution in [-0.2, 0) is 0 Å². The number of aryl methyl sites for hydroxylation is 1. The lowest BCUT2D eigenvalue weighted by Crippen LogP contribution is -1.93. The van der Waals surface area contributed by atoms with Crippen LogP contribution in [0.4, 0.5) is 11.4 Å². The molecule has 1 N–H and O–H groups in total. The highest BCUT2D eigenvalue weighted by atomic mass is 14.9. The van der Waals surface area contributed by atoms with Gasteiger partial charge < -0.3 is 5.32 Å². The third-order valence-electron chi connectivity index (χ3n) is 4.30. The van der Waals surface area contributed by atoms with Crippen molar-refractivity contribution in [2.45, 2.75) is 6.92 Å². The van der Waals surface area contributed by atoms with Gasteiger partial charge in [0.05, 0.1) is 0 Å². The molecule has 0 saturated heterocycles. The molecular weight excluding hydrogens is 290 g/mol. The van der Waals surface area contributed by atoms with Crippen LogP contribution < -0.4 is 5.32 Å². The largest absolute Gasteiger partial charge is 0.355 e. The molecule has 1 nitrogen and oxygen atoms in total. The molecule has 0 aliphatic heterocycles. The lowest BCUT2D eigenvalue weighted by Gasteiger charge is -2.13. The second-order valence-corrected chi connectivity index (χ2v) is 6.10. The Morgan fingerprint density at radius 1 is 0.625 bits per heavy atom. The van der Waals surface area contributed by atoms with E-state index in [2.05, 4.69) is 103 Å². The molecule has 0 radical (unpaired) electrons. The van der Waals surface area contributed by atoms with Crippen LogP contribution in [0.2, 0.25) is 0 Å². The van der Waals surface area contributed by atoms with E-state index in [4.69, 9.17) is 0 Å². The summed E-state index contributed by atoms with van der Waals surface area (Å²) in [5.41, 5.74) is 5.97. The lowest BCUT2D eigenvalue weighted by molar-refractivity contribution is 1.46. The summed E-state index contributed by atoms with van der Waals surface area (Å²) in [6.45, 7) is 2.11. The van der Waals surface area contributed by atoms with Crippen molar-refractivity contribution >= 4 is 22.1 Å². The standard InChI is InChI=1S/C23H19N/c1-17-11-13-21(14-12-17)24-23-16-20(18-7-3-2-4-8-18)15-19-9-5-6-10-22(19)23/h2-16,24H,1H3. The normalized spacial score (nSPS) is 10.7. The first-order valence-electron chi connectivity index (χ1n) is 8.21. The van der Waals surface area contributed by atoms with Crippen LogP contribution in [0.15, 0.2) is 91.0 Å². The number of nitrogens with one attached hydrogen (secondary N) is 1. The summed E-state index contributed by atoms with van der Waals surface area (Å²) in [5, 5.41) is 6.06. The van der Waals surface area contributed by atoms with Crippen LogP contribution in [0.5, 0.6) is 0 Å². The predicted octanol–water partition coefficient (Wildman–Crippen LogP) is 6.56. The SMILES string of the molecule is Cc1ccc(Nc2cc(-c3ccccc3)cc3ccccc23)cc1. The first-order chi connectivity index (χ1) is 11.8. The first-order valence-corrected chi connectivity index (χ1v) is 8.21. The van der Waals surface area contributed by atoms with E-state index in [-0.39, 0.29) is 0 Å². The number of hydrogen-bond donors (Lipinski definition) is 1. The zero-order valence-electron chi connectivity index (χ0n) is 13.7. The smallest absolute Gasteiger partial charge is 0.0470 e. The van der Waals surface area contributed by atoms with Crippen LogP contribution in [0, 0.1) is 6.92 Å². The van der Waals surface area contributed by atoms with Gasteiger partial charge in [0.2, 0.25) is 0 Å². The monoisotopic (exact) mass is 309 g/mol. The minimum absolute atomic E-state index is 1.11. The van der Waals surface area contributed by atoms with Gasteiger partial charge in [-0.2, -0.15) is 0 Å². The van der Waals surface area contributed by atoms with Gasteiger partial charge in [-0.05, 0) is 47.7 Å². The molecule has 4 aromatic carbocycles. The number of fused-ring (bicyclic) bond motifs is 1. The maximum Gasteiger partial charge on any atom is 0.0470 e. The Morgan fingerprint density at radius 2 is 1.33 bits per heavy atom. The highest BCUT2D eigenvalue weighted by Crippen LogP contribution is 2.32. The lowest BCUT2D eigenvalue weighted by atomic mass is 9.99. The Kier molecular flexibility index (Phi) is 3.76. The van der Waals surface area contributed by atoms with Crippen molar-refractivity contribution in [3.05, 3.63) is 96.6 Å². The topological polar surface area (TPSA) is 12.0 Å². The minimum atomic E-state index is 1.11. The van der Waals surface area contributed by atoms with E-state index in [0.717, 1.165) is 11.4 Å². The quantitative estimate of drug-likeness (QED) is 0.452. The molecule has 0 unspecified atom stereocenters. The molecule has 116 valence electrons. The van der Waals surface area contributed by atoms with Gasteiger partial charge in [0.15, 0.2) is 0 Å². The van der Waals surface area contributed by atoms with Gasteiger partial charge in [0, 0.05) is 16.8 Å². The van der Waals surface area contributed by atoms with E-state index in [9.17, 15) is 0 Å². The molecule has 0 bridgehead atoms. The van der Waals surface area contributed by atoms with Gasteiger partial charge in [0.1, 0.15) is 0 Å². The second-order valence-electron chi connectivity index (χ2n) is 6.10. The molecular formula is C23H19N. The molecule has 1 heteroatoms. The third-order valence-corrected chi connectivity index (χ3v) is 4.30. The molecule has 0 amide bonds.